The first-order valence-corrected chi connectivity index (χ1v) is 9.54. The molecule has 2 aromatic heterocycles. The van der Waals surface area contributed by atoms with Gasteiger partial charge in [0.25, 0.3) is 0 Å². The lowest BCUT2D eigenvalue weighted by Gasteiger charge is -2.34. The molecule has 138 valence electrons. The molecular weight excluding hydrogens is 358 g/mol. The minimum atomic E-state index is 0.720. The van der Waals surface area contributed by atoms with Gasteiger partial charge in [-0.1, -0.05) is 17.7 Å². The standard InChI is InChI=1S/C21H22ClN5/c22-20-5-3-19(4-6-20)21-24-13-18(14-25-21)16-27-10-8-26(9-11-27)15-17-2-1-7-23-12-17/h1-7,12-14H,8-11,15-16H2. The van der Waals surface area contributed by atoms with Crippen molar-refractivity contribution < 1.29 is 0 Å². The molecular formula is C21H22ClN5. The zero-order chi connectivity index (χ0) is 18.5. The fourth-order valence-electron chi connectivity index (χ4n) is 3.30. The van der Waals surface area contributed by atoms with E-state index < -0.39 is 0 Å². The van der Waals surface area contributed by atoms with Crippen LogP contribution >= 0.6 is 11.6 Å². The molecule has 1 aliphatic heterocycles. The second kappa shape index (κ2) is 8.57. The van der Waals surface area contributed by atoms with Gasteiger partial charge in [0.05, 0.1) is 0 Å². The summed E-state index contributed by atoms with van der Waals surface area (Å²) in [6.07, 6.45) is 7.63. The van der Waals surface area contributed by atoms with E-state index in [-0.39, 0.29) is 0 Å². The Kier molecular flexibility index (Phi) is 5.72. The van der Waals surface area contributed by atoms with Crippen molar-refractivity contribution in [3.63, 3.8) is 0 Å². The molecule has 4 rings (SSSR count). The Labute approximate surface area is 164 Å². The highest BCUT2D eigenvalue weighted by Crippen LogP contribution is 2.18. The van der Waals surface area contributed by atoms with Crippen LogP contribution in [0.25, 0.3) is 11.4 Å². The molecule has 0 saturated carbocycles. The van der Waals surface area contributed by atoms with E-state index in [1.807, 2.05) is 55.1 Å². The summed E-state index contributed by atoms with van der Waals surface area (Å²) in [7, 11) is 0. The summed E-state index contributed by atoms with van der Waals surface area (Å²) in [5, 5.41) is 0.720. The topological polar surface area (TPSA) is 45.2 Å². The minimum Gasteiger partial charge on any atom is -0.296 e. The molecule has 0 N–H and O–H groups in total. The van der Waals surface area contributed by atoms with E-state index in [0.29, 0.717) is 0 Å². The van der Waals surface area contributed by atoms with Crippen LogP contribution < -0.4 is 0 Å². The van der Waals surface area contributed by atoms with Gasteiger partial charge in [-0.05, 0) is 35.9 Å². The van der Waals surface area contributed by atoms with Crippen molar-refractivity contribution in [3.8, 4) is 11.4 Å². The van der Waals surface area contributed by atoms with Crippen molar-refractivity contribution in [1.82, 2.24) is 24.8 Å². The van der Waals surface area contributed by atoms with E-state index in [9.17, 15) is 0 Å². The lowest BCUT2D eigenvalue weighted by Crippen LogP contribution is -2.45. The Balaban J connectivity index is 1.29. The quantitative estimate of drug-likeness (QED) is 0.678. The molecule has 6 heteroatoms. The molecule has 0 bridgehead atoms. The van der Waals surface area contributed by atoms with Crippen molar-refractivity contribution in [1.29, 1.82) is 0 Å². The second-order valence-corrected chi connectivity index (χ2v) is 7.27. The molecule has 0 unspecified atom stereocenters. The molecule has 1 fully saturated rings. The molecule has 0 aliphatic carbocycles. The number of benzene rings is 1. The number of hydrogen-bond acceptors (Lipinski definition) is 5. The summed E-state index contributed by atoms with van der Waals surface area (Å²) >= 11 is 5.94. The van der Waals surface area contributed by atoms with E-state index in [2.05, 4.69) is 30.8 Å². The van der Waals surface area contributed by atoms with Crippen LogP contribution in [0.4, 0.5) is 0 Å². The number of halogens is 1. The third-order valence-corrected chi connectivity index (χ3v) is 5.06. The first kappa shape index (κ1) is 18.0. The van der Waals surface area contributed by atoms with Gasteiger partial charge < -0.3 is 0 Å². The van der Waals surface area contributed by atoms with E-state index in [1.165, 1.54) is 5.56 Å². The normalized spacial score (nSPS) is 15.7. The van der Waals surface area contributed by atoms with Gasteiger partial charge >= 0.3 is 0 Å². The molecule has 1 saturated heterocycles. The van der Waals surface area contributed by atoms with E-state index in [4.69, 9.17) is 11.6 Å². The smallest absolute Gasteiger partial charge is 0.159 e. The predicted octanol–water partition coefficient (Wildman–Crippen LogP) is 3.51. The largest absolute Gasteiger partial charge is 0.296 e. The minimum absolute atomic E-state index is 0.720. The van der Waals surface area contributed by atoms with Crippen LogP contribution in [-0.4, -0.2) is 50.9 Å². The Bertz CT molecular complexity index is 844. The molecule has 0 spiro atoms. The van der Waals surface area contributed by atoms with Crippen LogP contribution in [0.1, 0.15) is 11.1 Å². The van der Waals surface area contributed by atoms with Crippen molar-refractivity contribution in [3.05, 3.63) is 77.3 Å². The zero-order valence-electron chi connectivity index (χ0n) is 15.1. The lowest BCUT2D eigenvalue weighted by molar-refractivity contribution is 0.122. The summed E-state index contributed by atoms with van der Waals surface area (Å²) in [4.78, 5) is 18.2. The zero-order valence-corrected chi connectivity index (χ0v) is 15.9. The van der Waals surface area contributed by atoms with Crippen LogP contribution in [-0.2, 0) is 13.1 Å². The van der Waals surface area contributed by atoms with Crippen LogP contribution in [0.2, 0.25) is 5.02 Å². The van der Waals surface area contributed by atoms with Crippen molar-refractivity contribution >= 4 is 11.6 Å². The highest BCUT2D eigenvalue weighted by atomic mass is 35.5. The van der Waals surface area contributed by atoms with Crippen LogP contribution in [0, 0.1) is 0 Å². The molecule has 27 heavy (non-hydrogen) atoms. The fourth-order valence-corrected chi connectivity index (χ4v) is 3.42. The molecule has 3 aromatic rings. The first-order valence-electron chi connectivity index (χ1n) is 9.17. The van der Waals surface area contributed by atoms with E-state index in [1.54, 1.807) is 0 Å². The SMILES string of the molecule is Clc1ccc(-c2ncc(CN3CCN(Cc4cccnc4)CC3)cn2)cc1. The lowest BCUT2D eigenvalue weighted by atomic mass is 10.2. The third-order valence-electron chi connectivity index (χ3n) is 4.81. The maximum absolute atomic E-state index is 5.94. The van der Waals surface area contributed by atoms with Gasteiger partial charge in [-0.15, -0.1) is 0 Å². The highest BCUT2D eigenvalue weighted by Gasteiger charge is 2.17. The molecule has 1 aromatic carbocycles. The second-order valence-electron chi connectivity index (χ2n) is 6.84. The van der Waals surface area contributed by atoms with Gasteiger partial charge in [0, 0.05) is 80.2 Å². The van der Waals surface area contributed by atoms with Gasteiger partial charge in [-0.2, -0.15) is 0 Å². The Morgan fingerprint density at radius 2 is 1.41 bits per heavy atom. The average Bonchev–Trinajstić information content (AvgIpc) is 2.72. The number of hydrogen-bond donors (Lipinski definition) is 0. The Morgan fingerprint density at radius 1 is 0.778 bits per heavy atom. The number of aromatic nitrogens is 3. The van der Waals surface area contributed by atoms with E-state index >= 15 is 0 Å². The van der Waals surface area contributed by atoms with Crippen LogP contribution in [0.15, 0.2) is 61.2 Å². The van der Waals surface area contributed by atoms with E-state index in [0.717, 1.165) is 61.2 Å². The van der Waals surface area contributed by atoms with Gasteiger partial charge in [-0.3, -0.25) is 14.8 Å². The van der Waals surface area contributed by atoms with Crippen molar-refractivity contribution in [2.24, 2.45) is 0 Å². The summed E-state index contributed by atoms with van der Waals surface area (Å²) in [6.45, 7) is 6.11. The van der Waals surface area contributed by atoms with Gasteiger partial charge in [0.2, 0.25) is 0 Å². The van der Waals surface area contributed by atoms with Crippen LogP contribution in [0.5, 0.6) is 0 Å². The van der Waals surface area contributed by atoms with Gasteiger partial charge in [0.15, 0.2) is 5.82 Å². The maximum Gasteiger partial charge on any atom is 0.159 e. The first-order chi connectivity index (χ1) is 13.3. The summed E-state index contributed by atoms with van der Waals surface area (Å²) in [5.41, 5.74) is 3.40. The van der Waals surface area contributed by atoms with Crippen LogP contribution in [0.3, 0.4) is 0 Å². The number of rotatable bonds is 5. The summed E-state index contributed by atoms with van der Waals surface area (Å²) in [6, 6.07) is 11.7. The molecule has 3 heterocycles. The number of piperazine rings is 1. The molecule has 5 nitrogen and oxygen atoms in total. The number of nitrogens with zero attached hydrogens (tertiary/aromatic N) is 5. The van der Waals surface area contributed by atoms with Crippen molar-refractivity contribution in [2.75, 3.05) is 26.2 Å². The molecule has 0 atom stereocenters. The van der Waals surface area contributed by atoms with Crippen molar-refractivity contribution in [2.45, 2.75) is 13.1 Å². The summed E-state index contributed by atoms with van der Waals surface area (Å²) in [5.74, 6) is 0.733. The monoisotopic (exact) mass is 379 g/mol. The molecule has 0 amide bonds. The fraction of sp³-hybridized carbons (Fsp3) is 0.286. The van der Waals surface area contributed by atoms with Gasteiger partial charge in [-0.25, -0.2) is 9.97 Å². The molecule has 1 aliphatic rings. The Hall–Kier alpha value is -2.34. The number of pyridine rings is 1. The summed E-state index contributed by atoms with van der Waals surface area (Å²) < 4.78 is 0. The predicted molar refractivity (Wildman–Crippen MR) is 107 cm³/mol. The third kappa shape index (κ3) is 4.89. The molecule has 0 radical (unpaired) electrons. The maximum atomic E-state index is 5.94. The average molecular weight is 380 g/mol. The Morgan fingerprint density at radius 3 is 2.00 bits per heavy atom. The van der Waals surface area contributed by atoms with Gasteiger partial charge in [0.1, 0.15) is 0 Å². The highest BCUT2D eigenvalue weighted by molar-refractivity contribution is 6.30.